The van der Waals surface area contributed by atoms with Crippen molar-refractivity contribution >= 4 is 11.9 Å². The number of aromatic hydroxyl groups is 1. The number of nitrogens with zero attached hydrogens (tertiary/aromatic N) is 1. The molecule has 0 aromatic heterocycles. The minimum absolute atomic E-state index is 0.109. The molecule has 2 saturated heterocycles. The summed E-state index contributed by atoms with van der Waals surface area (Å²) in [6.07, 6.45) is 3.45. The molecule has 2 aliphatic heterocycles. The quantitative estimate of drug-likeness (QED) is 0.723. The molecule has 1 aromatic carbocycles. The summed E-state index contributed by atoms with van der Waals surface area (Å²) >= 11 is 0. The summed E-state index contributed by atoms with van der Waals surface area (Å²) in [5, 5.41) is 22.2. The van der Waals surface area contributed by atoms with Crippen LogP contribution < -0.4 is 10.1 Å². The number of amides is 1. The van der Waals surface area contributed by atoms with Crippen molar-refractivity contribution in [3.05, 3.63) is 23.8 Å². The Kier molecular flexibility index (Phi) is 4.89. The topological polar surface area (TPSA) is 99.1 Å². The zero-order chi connectivity index (χ0) is 17.1. The van der Waals surface area contributed by atoms with Crippen LogP contribution in [0.25, 0.3) is 0 Å². The fraction of sp³-hybridized carbons (Fsp3) is 0.529. The van der Waals surface area contributed by atoms with Crippen LogP contribution >= 0.6 is 0 Å². The first kappa shape index (κ1) is 16.6. The Labute approximate surface area is 140 Å². The minimum Gasteiger partial charge on any atom is -0.507 e. The van der Waals surface area contributed by atoms with E-state index in [2.05, 4.69) is 5.32 Å². The normalized spacial score (nSPS) is 20.7. The van der Waals surface area contributed by atoms with Crippen LogP contribution in [0.3, 0.4) is 0 Å². The second kappa shape index (κ2) is 7.09. The summed E-state index contributed by atoms with van der Waals surface area (Å²) in [5.74, 6) is -1.32. The number of ether oxygens (including phenoxy) is 1. The second-order valence-corrected chi connectivity index (χ2v) is 6.33. The molecule has 0 aliphatic carbocycles. The van der Waals surface area contributed by atoms with Crippen LogP contribution in [0.5, 0.6) is 11.5 Å². The highest BCUT2D eigenvalue weighted by atomic mass is 16.5. The molecule has 7 nitrogen and oxygen atoms in total. The Bertz CT molecular complexity index is 621. The molecule has 24 heavy (non-hydrogen) atoms. The van der Waals surface area contributed by atoms with Crippen molar-refractivity contribution in [3.8, 4) is 11.5 Å². The van der Waals surface area contributed by atoms with Crippen LogP contribution in [0.1, 0.15) is 36.0 Å². The third-order valence-electron chi connectivity index (χ3n) is 4.58. The summed E-state index contributed by atoms with van der Waals surface area (Å²) in [5.41, 5.74) is -0.241. The fourth-order valence-electron chi connectivity index (χ4n) is 3.19. The molecule has 3 rings (SSSR count). The van der Waals surface area contributed by atoms with Gasteiger partial charge in [0.25, 0.3) is 0 Å². The van der Waals surface area contributed by atoms with E-state index >= 15 is 0 Å². The predicted octanol–water partition coefficient (Wildman–Crippen LogP) is 1.21. The van der Waals surface area contributed by atoms with Gasteiger partial charge in [-0.1, -0.05) is 6.07 Å². The lowest BCUT2D eigenvalue weighted by Crippen LogP contribution is -2.56. The number of carboxylic acid groups (broad SMARTS) is 1. The molecule has 1 amide bonds. The van der Waals surface area contributed by atoms with Crippen molar-refractivity contribution in [1.29, 1.82) is 0 Å². The number of nitrogens with one attached hydrogen (secondary N) is 1. The number of hydrogen-bond acceptors (Lipinski definition) is 5. The van der Waals surface area contributed by atoms with Crippen molar-refractivity contribution in [2.45, 2.75) is 37.8 Å². The van der Waals surface area contributed by atoms with Gasteiger partial charge in [-0.2, -0.15) is 0 Å². The molecule has 1 unspecified atom stereocenters. The Morgan fingerprint density at radius 3 is 2.79 bits per heavy atom. The standard InChI is InChI=1S/C17H22N2O5/c20-13-4-1-5-14(16(13)17(22)23)24-12-9-19(10-12)15(21)7-6-11-3-2-8-18-11/h1,4-5,11-12,18,20H,2-3,6-10H2,(H,22,23). The molecule has 1 atom stereocenters. The molecule has 0 bridgehead atoms. The highest BCUT2D eigenvalue weighted by molar-refractivity contribution is 5.94. The van der Waals surface area contributed by atoms with Gasteiger partial charge in [0.1, 0.15) is 23.2 Å². The van der Waals surface area contributed by atoms with Crippen molar-refractivity contribution in [1.82, 2.24) is 10.2 Å². The number of rotatable bonds is 6. The maximum Gasteiger partial charge on any atom is 0.343 e. The van der Waals surface area contributed by atoms with Crippen LogP contribution in [0.2, 0.25) is 0 Å². The molecule has 0 saturated carbocycles. The van der Waals surface area contributed by atoms with Gasteiger partial charge in [0.15, 0.2) is 0 Å². The molecule has 2 fully saturated rings. The summed E-state index contributed by atoms with van der Waals surface area (Å²) < 4.78 is 5.63. The number of carboxylic acids is 1. The number of hydrogen-bond donors (Lipinski definition) is 3. The van der Waals surface area contributed by atoms with Crippen molar-refractivity contribution in [2.24, 2.45) is 0 Å². The molecule has 7 heteroatoms. The maximum absolute atomic E-state index is 12.1. The number of phenols is 1. The van der Waals surface area contributed by atoms with Gasteiger partial charge in [-0.15, -0.1) is 0 Å². The van der Waals surface area contributed by atoms with E-state index in [0.717, 1.165) is 19.4 Å². The average molecular weight is 334 g/mol. The van der Waals surface area contributed by atoms with E-state index in [-0.39, 0.29) is 29.1 Å². The van der Waals surface area contributed by atoms with Crippen LogP contribution in [0, 0.1) is 0 Å². The molecule has 2 aliphatic rings. The molecular weight excluding hydrogens is 312 g/mol. The Morgan fingerprint density at radius 1 is 1.33 bits per heavy atom. The van der Waals surface area contributed by atoms with E-state index < -0.39 is 5.97 Å². The molecule has 2 heterocycles. The lowest BCUT2D eigenvalue weighted by molar-refractivity contribution is -0.140. The number of likely N-dealkylation sites (tertiary alicyclic amines) is 1. The highest BCUT2D eigenvalue weighted by Crippen LogP contribution is 2.29. The first-order valence-corrected chi connectivity index (χ1v) is 8.27. The van der Waals surface area contributed by atoms with E-state index in [1.165, 1.54) is 24.6 Å². The lowest BCUT2D eigenvalue weighted by Gasteiger charge is -2.39. The monoisotopic (exact) mass is 334 g/mol. The smallest absolute Gasteiger partial charge is 0.343 e. The van der Waals surface area contributed by atoms with Gasteiger partial charge < -0.3 is 25.2 Å². The summed E-state index contributed by atoms with van der Waals surface area (Å²) in [6.45, 7) is 1.94. The van der Waals surface area contributed by atoms with Crippen LogP contribution in [-0.2, 0) is 4.79 Å². The summed E-state index contributed by atoms with van der Waals surface area (Å²) in [7, 11) is 0. The average Bonchev–Trinajstić information content (AvgIpc) is 3.01. The minimum atomic E-state index is -1.24. The first-order valence-electron chi connectivity index (χ1n) is 8.27. The van der Waals surface area contributed by atoms with E-state index in [0.29, 0.717) is 25.6 Å². The predicted molar refractivity (Wildman–Crippen MR) is 86.3 cm³/mol. The van der Waals surface area contributed by atoms with Crippen LogP contribution in [0.15, 0.2) is 18.2 Å². The molecular formula is C17H22N2O5. The Morgan fingerprint density at radius 2 is 2.12 bits per heavy atom. The van der Waals surface area contributed by atoms with Crippen molar-refractivity contribution < 1.29 is 24.5 Å². The van der Waals surface area contributed by atoms with E-state index in [1.807, 2.05) is 0 Å². The van der Waals surface area contributed by atoms with Gasteiger partial charge in [0.05, 0.1) is 13.1 Å². The summed E-state index contributed by atoms with van der Waals surface area (Å²) in [6, 6.07) is 4.81. The Hall–Kier alpha value is -2.28. The molecule has 0 radical (unpaired) electrons. The van der Waals surface area contributed by atoms with E-state index in [1.54, 1.807) is 4.90 Å². The molecule has 3 N–H and O–H groups in total. The van der Waals surface area contributed by atoms with Gasteiger partial charge in [-0.3, -0.25) is 4.79 Å². The van der Waals surface area contributed by atoms with Crippen molar-refractivity contribution in [2.75, 3.05) is 19.6 Å². The SMILES string of the molecule is O=C(O)c1c(O)cccc1OC1CN(C(=O)CCC2CCCN2)C1. The number of carbonyl (C=O) groups is 2. The van der Waals surface area contributed by atoms with E-state index in [9.17, 15) is 14.7 Å². The van der Waals surface area contributed by atoms with Crippen LogP contribution in [0.4, 0.5) is 0 Å². The lowest BCUT2D eigenvalue weighted by atomic mass is 10.1. The second-order valence-electron chi connectivity index (χ2n) is 6.33. The first-order chi connectivity index (χ1) is 11.5. The third-order valence-corrected chi connectivity index (χ3v) is 4.58. The van der Waals surface area contributed by atoms with Crippen molar-refractivity contribution in [3.63, 3.8) is 0 Å². The van der Waals surface area contributed by atoms with Gasteiger partial charge in [0.2, 0.25) is 5.91 Å². The zero-order valence-corrected chi connectivity index (χ0v) is 13.4. The number of benzene rings is 1. The summed E-state index contributed by atoms with van der Waals surface area (Å²) in [4.78, 5) is 25.0. The fourth-order valence-corrected chi connectivity index (χ4v) is 3.19. The van der Waals surface area contributed by atoms with Gasteiger partial charge in [-0.05, 0) is 37.9 Å². The maximum atomic E-state index is 12.1. The highest BCUT2D eigenvalue weighted by Gasteiger charge is 2.33. The largest absolute Gasteiger partial charge is 0.507 e. The molecule has 1 aromatic rings. The Balaban J connectivity index is 1.48. The third kappa shape index (κ3) is 3.62. The molecule has 0 spiro atoms. The molecule has 130 valence electrons. The van der Waals surface area contributed by atoms with Gasteiger partial charge in [-0.25, -0.2) is 4.79 Å². The number of aromatic carboxylic acids is 1. The van der Waals surface area contributed by atoms with Crippen LogP contribution in [-0.4, -0.2) is 58.8 Å². The number of carbonyl (C=O) groups excluding carboxylic acids is 1. The van der Waals surface area contributed by atoms with Gasteiger partial charge >= 0.3 is 5.97 Å². The van der Waals surface area contributed by atoms with E-state index in [4.69, 9.17) is 9.84 Å². The zero-order valence-electron chi connectivity index (χ0n) is 13.4. The van der Waals surface area contributed by atoms with Gasteiger partial charge in [0, 0.05) is 12.5 Å².